The van der Waals surface area contributed by atoms with Crippen molar-refractivity contribution >= 4 is 35.5 Å². The van der Waals surface area contributed by atoms with E-state index >= 15 is 0 Å². The van der Waals surface area contributed by atoms with Gasteiger partial charge in [0.25, 0.3) is 0 Å². The molecule has 0 aromatic rings. The van der Waals surface area contributed by atoms with Crippen LogP contribution in [-0.2, 0) is 47.6 Å². The molecule has 210 valence electrons. The van der Waals surface area contributed by atoms with Crippen molar-refractivity contribution in [3.05, 3.63) is 12.2 Å². The lowest BCUT2D eigenvalue weighted by Crippen LogP contribution is -2.69. The number of hydrogen-bond donors (Lipinski definition) is 1. The lowest BCUT2D eigenvalue weighted by molar-refractivity contribution is -0.226. The van der Waals surface area contributed by atoms with Gasteiger partial charge >= 0.3 is 23.9 Å². The van der Waals surface area contributed by atoms with Crippen LogP contribution in [0.1, 0.15) is 41.5 Å². The zero-order valence-corrected chi connectivity index (χ0v) is 22.8. The predicted molar refractivity (Wildman–Crippen MR) is 128 cm³/mol. The van der Waals surface area contributed by atoms with Gasteiger partial charge in [0.05, 0.1) is 17.4 Å². The highest BCUT2D eigenvalue weighted by atomic mass is 35.5. The van der Waals surface area contributed by atoms with E-state index in [1.165, 1.54) is 27.7 Å². The van der Waals surface area contributed by atoms with Gasteiger partial charge in [-0.05, 0) is 12.5 Å². The molecule has 0 amide bonds. The van der Waals surface area contributed by atoms with Gasteiger partial charge in [0.1, 0.15) is 36.6 Å². The molecule has 5 rings (SSSR count). The highest BCUT2D eigenvalue weighted by Crippen LogP contribution is 2.64. The average molecular weight is 557 g/mol. The van der Waals surface area contributed by atoms with Gasteiger partial charge in [-0.3, -0.25) is 19.2 Å². The largest absolute Gasteiger partial charge is 0.459 e. The molecular weight excluding hydrogens is 524 g/mol. The summed E-state index contributed by atoms with van der Waals surface area (Å²) in [6.07, 6.45) is -6.89. The Balaban J connectivity index is 1.75. The number of fused-ring (bicyclic) bond motifs is 5. The van der Waals surface area contributed by atoms with Gasteiger partial charge in [0.15, 0.2) is 11.7 Å². The smallest absolute Gasteiger partial charge is 0.312 e. The van der Waals surface area contributed by atoms with Crippen molar-refractivity contribution in [2.45, 2.75) is 101 Å². The van der Waals surface area contributed by atoms with Crippen LogP contribution in [0.15, 0.2) is 12.2 Å². The minimum Gasteiger partial charge on any atom is -0.459 e. The molecule has 0 spiro atoms. The van der Waals surface area contributed by atoms with Crippen LogP contribution in [0.4, 0.5) is 0 Å². The van der Waals surface area contributed by atoms with Crippen molar-refractivity contribution in [1.29, 1.82) is 0 Å². The van der Waals surface area contributed by atoms with Crippen LogP contribution in [-0.4, -0.2) is 88.8 Å². The fourth-order valence-corrected chi connectivity index (χ4v) is 7.65. The summed E-state index contributed by atoms with van der Waals surface area (Å²) in [5, 5.41) is 11.3. The van der Waals surface area contributed by atoms with Gasteiger partial charge in [-0.1, -0.05) is 20.4 Å². The van der Waals surface area contributed by atoms with Crippen LogP contribution in [0, 0.1) is 23.2 Å². The number of aliphatic hydroxyl groups is 1. The molecule has 0 radical (unpaired) electrons. The number of rotatable bonds is 3. The van der Waals surface area contributed by atoms with Gasteiger partial charge < -0.3 is 33.5 Å². The van der Waals surface area contributed by atoms with Crippen molar-refractivity contribution in [2.75, 3.05) is 0 Å². The predicted octanol–water partition coefficient (Wildman–Crippen LogP) is 1.06. The Labute approximate surface area is 225 Å². The fraction of sp³-hybridized carbons (Fsp3) is 0.769. The maximum absolute atomic E-state index is 12.9. The van der Waals surface area contributed by atoms with Crippen LogP contribution in [0.25, 0.3) is 0 Å². The summed E-state index contributed by atoms with van der Waals surface area (Å²) in [4.78, 5) is 49.9. The first-order chi connectivity index (χ1) is 17.6. The molecule has 11 nitrogen and oxygen atoms in total. The molecule has 14 atom stereocenters. The second kappa shape index (κ2) is 8.90. The highest BCUT2D eigenvalue weighted by Gasteiger charge is 2.78. The number of carbonyl (C=O) groups excluding carboxylic acids is 4. The lowest BCUT2D eigenvalue weighted by atomic mass is 9.53. The fourth-order valence-electron chi connectivity index (χ4n) is 7.28. The monoisotopic (exact) mass is 556 g/mol. The standard InChI is InChI=1S/C26H33ClO11/c1-8-14-20(34-12(5)29)26(32)10(3)24(31)38-21(26)15(27)9(2)17-18(36-17)22(35-13(6)30)25(14,7)23-19(37-23)16(8)33-11(4)28/h8,10,14-23,32H,2H2,1,3-7H3/t8-,10+,14-,15+,16+,17-,18-,19+,20+,21+,22+,23+,25+,26-/m1/s1. The van der Waals surface area contributed by atoms with E-state index in [0.717, 1.165) is 0 Å². The van der Waals surface area contributed by atoms with Gasteiger partial charge in [-0.25, -0.2) is 0 Å². The zero-order chi connectivity index (χ0) is 28.1. The molecule has 38 heavy (non-hydrogen) atoms. The number of carbonyl (C=O) groups is 4. The molecule has 0 bridgehead atoms. The Bertz CT molecular complexity index is 1090. The SMILES string of the molecule is C=C1[C@H]2O[C@H]2[C@H](OC(C)=O)[C@]2(C)[C@H]([C@@H](C)[C@H](OC(C)=O)[C@@H]3O[C@@H]32)[C@H](OC(C)=O)[C@]2(O)[C@@H](C)C(=O)O[C@H]2[C@H]1Cl. The summed E-state index contributed by atoms with van der Waals surface area (Å²) in [6, 6.07) is 0. The summed E-state index contributed by atoms with van der Waals surface area (Å²) in [7, 11) is 0. The lowest BCUT2D eigenvalue weighted by Gasteiger charge is -2.54. The first kappa shape index (κ1) is 27.4. The number of hydrogen-bond acceptors (Lipinski definition) is 11. The third-order valence-corrected chi connectivity index (χ3v) is 9.61. The summed E-state index contributed by atoms with van der Waals surface area (Å²) in [6.45, 7) is 12.9. The van der Waals surface area contributed by atoms with Crippen molar-refractivity contribution < 1.29 is 52.7 Å². The molecule has 3 saturated heterocycles. The number of esters is 4. The molecule has 5 aliphatic rings. The van der Waals surface area contributed by atoms with Crippen LogP contribution in [0.3, 0.4) is 0 Å². The van der Waals surface area contributed by atoms with Gasteiger partial charge in [-0.2, -0.15) is 0 Å². The maximum Gasteiger partial charge on any atom is 0.312 e. The maximum atomic E-state index is 12.9. The van der Waals surface area contributed by atoms with Crippen LogP contribution in [0.2, 0.25) is 0 Å². The minimum atomic E-state index is -2.12. The van der Waals surface area contributed by atoms with Gasteiger partial charge in [0.2, 0.25) is 0 Å². The molecule has 2 aliphatic carbocycles. The van der Waals surface area contributed by atoms with Crippen LogP contribution < -0.4 is 0 Å². The van der Waals surface area contributed by atoms with E-state index in [-0.39, 0.29) is 0 Å². The Morgan fingerprint density at radius 1 is 0.947 bits per heavy atom. The van der Waals surface area contributed by atoms with E-state index in [4.69, 9.17) is 40.0 Å². The Morgan fingerprint density at radius 2 is 1.53 bits per heavy atom. The van der Waals surface area contributed by atoms with E-state index < -0.39 is 107 Å². The highest BCUT2D eigenvalue weighted by molar-refractivity contribution is 6.23. The van der Waals surface area contributed by atoms with Crippen molar-refractivity contribution in [3.63, 3.8) is 0 Å². The van der Waals surface area contributed by atoms with Crippen LogP contribution in [0.5, 0.6) is 0 Å². The molecule has 1 N–H and O–H groups in total. The molecule has 0 aromatic carbocycles. The van der Waals surface area contributed by atoms with E-state index in [1.807, 2.05) is 6.92 Å². The zero-order valence-electron chi connectivity index (χ0n) is 22.0. The van der Waals surface area contributed by atoms with Crippen LogP contribution >= 0.6 is 11.6 Å². The average Bonchev–Trinajstić information content (AvgIpc) is 3.73. The first-order valence-corrected chi connectivity index (χ1v) is 13.2. The molecule has 0 unspecified atom stereocenters. The topological polar surface area (TPSA) is 150 Å². The summed E-state index contributed by atoms with van der Waals surface area (Å²) in [5.41, 5.74) is -2.92. The number of epoxide rings is 2. The second-order valence-electron chi connectivity index (χ2n) is 11.4. The molecule has 12 heteroatoms. The number of alkyl halides is 1. The Morgan fingerprint density at radius 3 is 2.11 bits per heavy atom. The second-order valence-corrected chi connectivity index (χ2v) is 11.8. The summed E-state index contributed by atoms with van der Waals surface area (Å²) in [5.74, 6) is -5.18. The quantitative estimate of drug-likeness (QED) is 0.175. The normalized spacial score (nSPS) is 50.7. The number of halogens is 1. The molecule has 0 aromatic heterocycles. The van der Waals surface area contributed by atoms with Gasteiger partial charge in [0, 0.05) is 38.0 Å². The molecular formula is C26H33ClO11. The van der Waals surface area contributed by atoms with E-state index in [0.29, 0.717) is 5.57 Å². The minimum absolute atomic E-state index is 0.331. The Hall–Kier alpha value is -2.21. The van der Waals surface area contributed by atoms with Crippen molar-refractivity contribution in [3.8, 4) is 0 Å². The Kier molecular flexibility index (Phi) is 6.41. The molecule has 3 heterocycles. The first-order valence-electron chi connectivity index (χ1n) is 12.7. The molecule has 5 fully saturated rings. The molecule has 2 saturated carbocycles. The third-order valence-electron chi connectivity index (χ3n) is 9.10. The summed E-state index contributed by atoms with van der Waals surface area (Å²) < 4.78 is 35.1. The number of ether oxygens (including phenoxy) is 6. The van der Waals surface area contributed by atoms with E-state index in [1.54, 1.807) is 6.92 Å². The van der Waals surface area contributed by atoms with Crippen molar-refractivity contribution in [1.82, 2.24) is 0 Å². The van der Waals surface area contributed by atoms with Gasteiger partial charge in [-0.15, -0.1) is 11.6 Å². The third kappa shape index (κ3) is 3.80. The van der Waals surface area contributed by atoms with E-state index in [2.05, 4.69) is 6.58 Å². The summed E-state index contributed by atoms with van der Waals surface area (Å²) >= 11 is 6.79. The van der Waals surface area contributed by atoms with Crippen molar-refractivity contribution in [2.24, 2.45) is 23.2 Å². The van der Waals surface area contributed by atoms with E-state index in [9.17, 15) is 24.3 Å². The molecule has 3 aliphatic heterocycles.